The number of likely N-dealkylation sites (tertiary alicyclic amines) is 1. The number of hydrogen-bond donors (Lipinski definition) is 4. The van der Waals surface area contributed by atoms with E-state index in [9.17, 15) is 28.4 Å². The maximum atomic E-state index is 14.7. The van der Waals surface area contributed by atoms with Crippen LogP contribution in [0, 0.1) is 28.4 Å². The third-order valence-electron chi connectivity index (χ3n) is 16.9. The predicted molar refractivity (Wildman–Crippen MR) is 264 cm³/mol. The van der Waals surface area contributed by atoms with Gasteiger partial charge in [-0.25, -0.2) is 13.1 Å². The fraction of sp³-hybridized carbons (Fsp3) is 0.500. The van der Waals surface area contributed by atoms with Crippen LogP contribution in [0.4, 0.5) is 28.4 Å². The summed E-state index contributed by atoms with van der Waals surface area (Å²) in [6.45, 7) is 7.62. The fourth-order valence-electron chi connectivity index (χ4n) is 12.9. The first kappa shape index (κ1) is 45.2. The maximum Gasteiger partial charge on any atom is 0.297 e. The summed E-state index contributed by atoms with van der Waals surface area (Å²) in [5, 5.41) is 27.2. The molecule has 3 aromatic carbocycles. The van der Waals surface area contributed by atoms with Crippen LogP contribution in [-0.4, -0.2) is 109 Å². The number of carbonyl (C=O) groups excluding carboxylic acids is 1. The number of aryl methyl sites for hydroxylation is 1. The first-order valence-corrected chi connectivity index (χ1v) is 26.4. The van der Waals surface area contributed by atoms with Crippen molar-refractivity contribution in [2.45, 2.75) is 119 Å². The van der Waals surface area contributed by atoms with Gasteiger partial charge in [0, 0.05) is 54.6 Å². The van der Waals surface area contributed by atoms with E-state index in [1.54, 1.807) is 12.3 Å². The van der Waals surface area contributed by atoms with Crippen LogP contribution < -0.4 is 29.3 Å². The normalized spacial score (nSPS) is 27.4. The Bertz CT molecular complexity index is 2990. The van der Waals surface area contributed by atoms with Gasteiger partial charge in [0.15, 0.2) is 11.4 Å². The van der Waals surface area contributed by atoms with Gasteiger partial charge in [0.05, 0.1) is 52.0 Å². The van der Waals surface area contributed by atoms with Gasteiger partial charge in [-0.3, -0.25) is 19.8 Å². The van der Waals surface area contributed by atoms with E-state index in [1.807, 2.05) is 36.1 Å². The number of aliphatic hydroxyl groups is 1. The second-order valence-electron chi connectivity index (χ2n) is 21.3. The molecule has 1 spiro atoms. The molecule has 5 fully saturated rings. The highest BCUT2D eigenvalue weighted by Crippen LogP contribution is 2.55. The molecule has 368 valence electrons. The molecule has 70 heavy (non-hydrogen) atoms. The second kappa shape index (κ2) is 17.1. The monoisotopic (exact) mass is 972 g/mol. The van der Waals surface area contributed by atoms with Gasteiger partial charge in [0.1, 0.15) is 24.0 Å². The van der Waals surface area contributed by atoms with E-state index >= 15 is 0 Å². The average Bonchev–Trinajstić information content (AvgIpc) is 4.13. The Balaban J connectivity index is 0.830. The molecule has 7 heterocycles. The van der Waals surface area contributed by atoms with Crippen LogP contribution in [0.25, 0.3) is 11.0 Å². The number of pyridine rings is 1. The zero-order valence-electron chi connectivity index (χ0n) is 39.6. The molecule has 2 saturated carbocycles. The number of H-pyrrole nitrogens is 1. The van der Waals surface area contributed by atoms with Crippen molar-refractivity contribution in [3.8, 4) is 11.6 Å². The Morgan fingerprint density at radius 1 is 0.957 bits per heavy atom. The lowest BCUT2D eigenvalue weighted by molar-refractivity contribution is -0.384. The van der Waals surface area contributed by atoms with E-state index in [1.165, 1.54) is 42.9 Å². The van der Waals surface area contributed by atoms with Crippen LogP contribution in [0.3, 0.4) is 0 Å². The van der Waals surface area contributed by atoms with Crippen LogP contribution >= 0.6 is 0 Å². The van der Waals surface area contributed by atoms with Crippen molar-refractivity contribution >= 4 is 55.4 Å². The molecule has 2 aromatic heterocycles. The van der Waals surface area contributed by atoms with Gasteiger partial charge < -0.3 is 39.4 Å². The molecule has 0 unspecified atom stereocenters. The summed E-state index contributed by atoms with van der Waals surface area (Å²) < 4.78 is 49.4. The Kier molecular flexibility index (Phi) is 11.1. The van der Waals surface area contributed by atoms with Crippen molar-refractivity contribution < 1.29 is 37.5 Å². The molecule has 0 radical (unpaired) electrons. The number of ether oxygens (including phenoxy) is 3. The van der Waals surface area contributed by atoms with Crippen molar-refractivity contribution in [3.63, 3.8) is 0 Å². The lowest BCUT2D eigenvalue weighted by Crippen LogP contribution is -2.55. The molecule has 2 aliphatic carbocycles. The van der Waals surface area contributed by atoms with E-state index in [0.717, 1.165) is 49.6 Å². The number of aromatic nitrogens is 2. The van der Waals surface area contributed by atoms with Crippen LogP contribution in [0.2, 0.25) is 0 Å². The van der Waals surface area contributed by atoms with E-state index in [0.29, 0.717) is 73.9 Å². The highest BCUT2D eigenvalue weighted by atomic mass is 32.2. The van der Waals surface area contributed by atoms with E-state index in [-0.39, 0.29) is 47.0 Å². The SMILES string of the molecule is Cc1ccccc1[C@@H]1CCCN1C1CC2(CCN(c3ccc(C(=O)NS(=O)(=O)c4cc5c(c([N+](=O)[O-])c4)N[C@@H](C4CCC(C)(O)CC4)CO5)c(N4c5cc6cc[nH]c6nc5O[C@@H]5COC[C@H]54)c3)CC2)C1. The number of nitrogens with one attached hydrogen (secondary N) is 3. The Morgan fingerprint density at radius 2 is 1.76 bits per heavy atom. The number of anilines is 4. The van der Waals surface area contributed by atoms with Crippen molar-refractivity contribution in [1.82, 2.24) is 19.6 Å². The molecule has 7 aliphatic rings. The minimum atomic E-state index is -4.70. The van der Waals surface area contributed by atoms with Gasteiger partial charge in [-0.05, 0) is 137 Å². The summed E-state index contributed by atoms with van der Waals surface area (Å²) in [6.07, 6.45) is 10.9. The van der Waals surface area contributed by atoms with E-state index in [4.69, 9.17) is 19.2 Å². The zero-order chi connectivity index (χ0) is 48.1. The Labute approximate surface area is 407 Å². The quantitative estimate of drug-likeness (QED) is 0.0820. The lowest BCUT2D eigenvalue weighted by atomic mass is 9.59. The first-order valence-electron chi connectivity index (χ1n) is 24.9. The molecule has 12 rings (SSSR count). The predicted octanol–water partition coefficient (Wildman–Crippen LogP) is 7.90. The minimum Gasteiger partial charge on any atom is -0.489 e. The van der Waals surface area contributed by atoms with Gasteiger partial charge in [0.25, 0.3) is 21.6 Å². The molecule has 4 atom stereocenters. The summed E-state index contributed by atoms with van der Waals surface area (Å²) in [6, 6.07) is 20.8. The molecular formula is C52H60N8O9S. The summed E-state index contributed by atoms with van der Waals surface area (Å²) in [4.78, 5) is 41.3. The number of aromatic amines is 1. The number of fused-ring (bicyclic) bond motifs is 4. The molecule has 5 aliphatic heterocycles. The molecule has 17 nitrogen and oxygen atoms in total. The number of sulfonamides is 1. The molecule has 5 aromatic rings. The van der Waals surface area contributed by atoms with E-state index in [2.05, 4.69) is 56.0 Å². The number of piperidine rings is 1. The molecular weight excluding hydrogens is 913 g/mol. The molecule has 18 heteroatoms. The van der Waals surface area contributed by atoms with Gasteiger partial charge in [0.2, 0.25) is 5.88 Å². The lowest BCUT2D eigenvalue weighted by Gasteiger charge is -2.56. The molecule has 4 N–H and O–H groups in total. The summed E-state index contributed by atoms with van der Waals surface area (Å²) in [5.41, 5.74) is 4.69. The van der Waals surface area contributed by atoms with Gasteiger partial charge in [-0.1, -0.05) is 24.3 Å². The highest BCUT2D eigenvalue weighted by molar-refractivity contribution is 7.90. The van der Waals surface area contributed by atoms with Crippen LogP contribution in [0.15, 0.2) is 77.8 Å². The Morgan fingerprint density at radius 3 is 2.54 bits per heavy atom. The van der Waals surface area contributed by atoms with E-state index < -0.39 is 43.1 Å². The standard InChI is InChI=1S/C52H60N8O9S/c1-31-6-3-4-7-37(31)40-8-5-19-58(40)35-26-52(27-35)16-20-57(21-17-52)34-9-10-38(41(23-34)59-43-22-33-13-18-53-48(33)55-50(43)69-46-30-67-29-44(46)59)49(61)56-70(65,66)36-24-42(60(63)64)47-45(25-36)68-28-39(54-47)32-11-14-51(2,62)15-12-32/h3-4,6-7,9-10,13,18,22-25,32,35,39-40,44,46,54,62H,5,8,11-12,14-17,19-21,26-30H2,1-2H3,(H,53,55)(H,56,61)/t32?,39-,40+,44-,46-,51?/m1/s1. The number of nitro benzene ring substituents is 1. The number of rotatable bonds is 9. The van der Waals surface area contributed by atoms with Crippen molar-refractivity contribution in [3.05, 3.63) is 99.7 Å². The molecule has 3 saturated heterocycles. The second-order valence-corrected chi connectivity index (χ2v) is 22.9. The van der Waals surface area contributed by atoms with Crippen molar-refractivity contribution in [1.29, 1.82) is 0 Å². The molecule has 0 bridgehead atoms. The molecule has 1 amide bonds. The summed E-state index contributed by atoms with van der Waals surface area (Å²) in [7, 11) is -4.70. The minimum absolute atomic E-state index is 0.00938. The van der Waals surface area contributed by atoms with Crippen molar-refractivity contribution in [2.75, 3.05) is 54.6 Å². The summed E-state index contributed by atoms with van der Waals surface area (Å²) in [5.74, 6) is -0.432. The number of hydrogen-bond acceptors (Lipinski definition) is 14. The Hall–Kier alpha value is -5.95. The third-order valence-corrected chi connectivity index (χ3v) is 18.2. The zero-order valence-corrected chi connectivity index (χ0v) is 40.4. The average molecular weight is 973 g/mol. The van der Waals surface area contributed by atoms with Crippen LogP contribution in [0.1, 0.15) is 98.7 Å². The highest BCUT2D eigenvalue weighted by Gasteiger charge is 2.50. The van der Waals surface area contributed by atoms with Crippen LogP contribution in [-0.2, 0) is 14.8 Å². The van der Waals surface area contributed by atoms with Gasteiger partial charge >= 0.3 is 0 Å². The first-order chi connectivity index (χ1) is 33.7. The smallest absolute Gasteiger partial charge is 0.297 e. The fourth-order valence-corrected chi connectivity index (χ4v) is 13.9. The number of nitro groups is 1. The number of carbonyl (C=O) groups is 1. The number of nitrogens with zero attached hydrogens (tertiary/aromatic N) is 5. The van der Waals surface area contributed by atoms with Gasteiger partial charge in [-0.15, -0.1) is 0 Å². The largest absolute Gasteiger partial charge is 0.489 e. The summed E-state index contributed by atoms with van der Waals surface area (Å²) >= 11 is 0. The van der Waals surface area contributed by atoms with Crippen molar-refractivity contribution in [2.24, 2.45) is 11.3 Å². The van der Waals surface area contributed by atoms with Crippen LogP contribution in [0.5, 0.6) is 11.6 Å². The van der Waals surface area contributed by atoms with Gasteiger partial charge in [-0.2, -0.15) is 4.98 Å². The third kappa shape index (κ3) is 8.00. The topological polar surface area (TPSA) is 205 Å². The number of benzene rings is 3. The number of amides is 1. The maximum absolute atomic E-state index is 14.7.